The molecule has 0 aliphatic heterocycles. The van der Waals surface area contributed by atoms with E-state index in [1.807, 2.05) is 6.92 Å². The number of pyridine rings is 1. The second-order valence-corrected chi connectivity index (χ2v) is 3.00. The molecule has 4 nitrogen and oxygen atoms in total. The van der Waals surface area contributed by atoms with Crippen molar-refractivity contribution in [1.29, 1.82) is 0 Å². The Morgan fingerprint density at radius 1 is 1.71 bits per heavy atom. The molecule has 0 aromatic carbocycles. The Morgan fingerprint density at radius 2 is 2.50 bits per heavy atom. The van der Waals surface area contributed by atoms with E-state index in [0.29, 0.717) is 12.0 Å². The number of carbonyl (C=O) groups is 1. The molecule has 0 bridgehead atoms. The second kappa shape index (κ2) is 5.34. The van der Waals surface area contributed by atoms with Gasteiger partial charge in [0.25, 0.3) is 5.91 Å². The van der Waals surface area contributed by atoms with Gasteiger partial charge in [-0.15, -0.1) is 0 Å². The van der Waals surface area contributed by atoms with Gasteiger partial charge in [0.2, 0.25) is 0 Å². The number of hydrogen-bond acceptors (Lipinski definition) is 3. The number of aliphatic hydroxyl groups excluding tert-OH is 1. The largest absolute Gasteiger partial charge is 0.394 e. The van der Waals surface area contributed by atoms with Crippen LogP contribution in [0.5, 0.6) is 0 Å². The van der Waals surface area contributed by atoms with E-state index >= 15 is 0 Å². The first kappa shape index (κ1) is 10.7. The van der Waals surface area contributed by atoms with E-state index in [9.17, 15) is 4.79 Å². The molecule has 4 heteroatoms. The molecule has 0 unspecified atom stereocenters. The predicted molar refractivity (Wildman–Crippen MR) is 52.9 cm³/mol. The lowest BCUT2D eigenvalue weighted by Gasteiger charge is -2.13. The number of rotatable bonds is 4. The summed E-state index contributed by atoms with van der Waals surface area (Å²) in [6.07, 6.45) is 3.82. The summed E-state index contributed by atoms with van der Waals surface area (Å²) in [6.45, 7) is 1.87. The molecule has 76 valence electrons. The van der Waals surface area contributed by atoms with Crippen molar-refractivity contribution in [3.63, 3.8) is 0 Å². The number of aliphatic hydroxyl groups is 1. The van der Waals surface area contributed by atoms with Crippen molar-refractivity contribution in [3.8, 4) is 0 Å². The fourth-order valence-corrected chi connectivity index (χ4v) is 1.04. The fraction of sp³-hybridized carbons (Fsp3) is 0.400. The first-order valence-corrected chi connectivity index (χ1v) is 4.59. The highest BCUT2D eigenvalue weighted by molar-refractivity contribution is 5.93. The van der Waals surface area contributed by atoms with Crippen LogP contribution < -0.4 is 5.32 Å². The van der Waals surface area contributed by atoms with Crippen LogP contribution in [0.25, 0.3) is 0 Å². The molecule has 1 aromatic heterocycles. The number of amides is 1. The normalized spacial score (nSPS) is 12.1. The van der Waals surface area contributed by atoms with Crippen LogP contribution in [-0.2, 0) is 0 Å². The third kappa shape index (κ3) is 2.81. The SMILES string of the molecule is CC[C@H](CO)NC(=O)c1cccnc1. The topological polar surface area (TPSA) is 62.2 Å². The van der Waals surface area contributed by atoms with Crippen molar-refractivity contribution in [3.05, 3.63) is 30.1 Å². The van der Waals surface area contributed by atoms with Crippen LogP contribution in [0.4, 0.5) is 0 Å². The molecule has 0 saturated carbocycles. The van der Waals surface area contributed by atoms with Crippen molar-refractivity contribution in [1.82, 2.24) is 10.3 Å². The maximum absolute atomic E-state index is 11.5. The summed E-state index contributed by atoms with van der Waals surface area (Å²) >= 11 is 0. The predicted octanol–water partition coefficient (Wildman–Crippen LogP) is 0.582. The van der Waals surface area contributed by atoms with Gasteiger partial charge >= 0.3 is 0 Å². The van der Waals surface area contributed by atoms with Gasteiger partial charge in [0, 0.05) is 12.4 Å². The fourth-order valence-electron chi connectivity index (χ4n) is 1.04. The average Bonchev–Trinajstić information content (AvgIpc) is 2.26. The molecule has 1 amide bonds. The Balaban J connectivity index is 2.59. The second-order valence-electron chi connectivity index (χ2n) is 3.00. The van der Waals surface area contributed by atoms with E-state index in [2.05, 4.69) is 10.3 Å². The first-order chi connectivity index (χ1) is 6.77. The number of nitrogens with one attached hydrogen (secondary N) is 1. The minimum Gasteiger partial charge on any atom is -0.394 e. The van der Waals surface area contributed by atoms with Gasteiger partial charge in [-0.2, -0.15) is 0 Å². The van der Waals surface area contributed by atoms with E-state index in [1.165, 1.54) is 6.20 Å². The third-order valence-corrected chi connectivity index (χ3v) is 1.97. The summed E-state index contributed by atoms with van der Waals surface area (Å²) in [6, 6.07) is 3.21. The van der Waals surface area contributed by atoms with E-state index in [-0.39, 0.29) is 18.6 Å². The highest BCUT2D eigenvalue weighted by atomic mass is 16.3. The average molecular weight is 194 g/mol. The van der Waals surface area contributed by atoms with Crippen molar-refractivity contribution in [2.24, 2.45) is 0 Å². The lowest BCUT2D eigenvalue weighted by atomic mass is 10.2. The minimum absolute atomic E-state index is 0.0392. The van der Waals surface area contributed by atoms with E-state index in [4.69, 9.17) is 5.11 Å². The molecule has 1 atom stereocenters. The highest BCUT2D eigenvalue weighted by Gasteiger charge is 2.10. The minimum atomic E-state index is -0.195. The molecule has 0 fully saturated rings. The maximum atomic E-state index is 11.5. The summed E-state index contributed by atoms with van der Waals surface area (Å²) in [4.78, 5) is 15.4. The Kier molecular flexibility index (Phi) is 4.07. The zero-order valence-corrected chi connectivity index (χ0v) is 8.10. The molecule has 1 rings (SSSR count). The molecule has 0 aliphatic rings. The number of carbonyl (C=O) groups excluding carboxylic acids is 1. The van der Waals surface area contributed by atoms with Gasteiger partial charge in [0.1, 0.15) is 0 Å². The smallest absolute Gasteiger partial charge is 0.253 e. The Hall–Kier alpha value is -1.42. The molecular weight excluding hydrogens is 180 g/mol. The Morgan fingerprint density at radius 3 is 3.00 bits per heavy atom. The number of hydrogen-bond donors (Lipinski definition) is 2. The first-order valence-electron chi connectivity index (χ1n) is 4.59. The summed E-state index contributed by atoms with van der Waals surface area (Å²) in [7, 11) is 0. The summed E-state index contributed by atoms with van der Waals surface area (Å²) in [5.41, 5.74) is 0.513. The number of nitrogens with zero attached hydrogens (tertiary/aromatic N) is 1. The van der Waals surface area contributed by atoms with Gasteiger partial charge in [-0.3, -0.25) is 9.78 Å². The lowest BCUT2D eigenvalue weighted by Crippen LogP contribution is -2.36. The third-order valence-electron chi connectivity index (χ3n) is 1.97. The van der Waals surface area contributed by atoms with Gasteiger partial charge in [0.15, 0.2) is 0 Å². The van der Waals surface area contributed by atoms with Crippen LogP contribution in [0.1, 0.15) is 23.7 Å². The van der Waals surface area contributed by atoms with Crippen molar-refractivity contribution >= 4 is 5.91 Å². The van der Waals surface area contributed by atoms with E-state index in [1.54, 1.807) is 18.3 Å². The van der Waals surface area contributed by atoms with Crippen LogP contribution >= 0.6 is 0 Å². The molecule has 0 saturated heterocycles. The van der Waals surface area contributed by atoms with Gasteiger partial charge in [-0.1, -0.05) is 6.92 Å². The summed E-state index contributed by atoms with van der Waals surface area (Å²) < 4.78 is 0. The van der Waals surface area contributed by atoms with Gasteiger partial charge < -0.3 is 10.4 Å². The van der Waals surface area contributed by atoms with Crippen molar-refractivity contribution in [2.45, 2.75) is 19.4 Å². The molecule has 0 spiro atoms. The van der Waals surface area contributed by atoms with Crippen LogP contribution in [0.2, 0.25) is 0 Å². The van der Waals surface area contributed by atoms with Crippen molar-refractivity contribution in [2.75, 3.05) is 6.61 Å². The highest BCUT2D eigenvalue weighted by Crippen LogP contribution is 1.97. The molecule has 2 N–H and O–H groups in total. The van der Waals surface area contributed by atoms with Crippen LogP contribution in [0, 0.1) is 0 Å². The number of aromatic nitrogens is 1. The van der Waals surface area contributed by atoms with E-state index in [0.717, 1.165) is 0 Å². The quantitative estimate of drug-likeness (QED) is 0.737. The summed E-state index contributed by atoms with van der Waals surface area (Å²) in [5.74, 6) is -0.195. The van der Waals surface area contributed by atoms with Crippen LogP contribution in [0.15, 0.2) is 24.5 Å². The molecular formula is C10H14N2O2. The van der Waals surface area contributed by atoms with E-state index < -0.39 is 0 Å². The van der Waals surface area contributed by atoms with Gasteiger partial charge in [-0.05, 0) is 18.6 Å². The zero-order chi connectivity index (χ0) is 10.4. The monoisotopic (exact) mass is 194 g/mol. The Bertz CT molecular complexity index is 283. The summed E-state index contributed by atoms with van der Waals surface area (Å²) in [5, 5.41) is 11.6. The molecule has 14 heavy (non-hydrogen) atoms. The molecule has 1 aromatic rings. The maximum Gasteiger partial charge on any atom is 0.253 e. The van der Waals surface area contributed by atoms with Crippen LogP contribution in [-0.4, -0.2) is 28.6 Å². The zero-order valence-electron chi connectivity index (χ0n) is 8.10. The Labute approximate surface area is 83.0 Å². The lowest BCUT2D eigenvalue weighted by molar-refractivity contribution is 0.0914. The van der Waals surface area contributed by atoms with Crippen molar-refractivity contribution < 1.29 is 9.90 Å². The molecule has 0 aliphatic carbocycles. The standard InChI is InChI=1S/C10H14N2O2/c1-2-9(7-13)12-10(14)8-4-3-5-11-6-8/h3-6,9,13H,2,7H2,1H3,(H,12,14)/t9-/m1/s1. The van der Waals surface area contributed by atoms with Crippen LogP contribution in [0.3, 0.4) is 0 Å². The molecule has 0 radical (unpaired) electrons. The van der Waals surface area contributed by atoms with Gasteiger partial charge in [0.05, 0.1) is 18.2 Å². The van der Waals surface area contributed by atoms with Gasteiger partial charge in [-0.25, -0.2) is 0 Å². The molecule has 1 heterocycles.